The molecule has 5 nitrogen and oxygen atoms in total. The number of hydrogen-bond donors (Lipinski definition) is 2. The molecule has 6 heteroatoms. The molecule has 0 spiro atoms. The molecule has 18 heavy (non-hydrogen) atoms. The number of rotatable bonds is 5. The van der Waals surface area contributed by atoms with E-state index >= 15 is 0 Å². The molecule has 0 atom stereocenters. The largest absolute Gasteiger partial charge is 0.360 e. The molecule has 100 valence electrons. The van der Waals surface area contributed by atoms with Gasteiger partial charge >= 0.3 is 0 Å². The summed E-state index contributed by atoms with van der Waals surface area (Å²) in [4.78, 5) is 12.1. The highest BCUT2D eigenvalue weighted by atomic mass is 32.1. The number of anilines is 1. The highest BCUT2D eigenvalue weighted by molar-refractivity contribution is 7.17. The van der Waals surface area contributed by atoms with E-state index in [0.717, 1.165) is 30.9 Å². The smallest absolute Gasteiger partial charge is 0.282 e. The van der Waals surface area contributed by atoms with E-state index in [1.54, 1.807) is 0 Å². The van der Waals surface area contributed by atoms with Gasteiger partial charge in [-0.1, -0.05) is 31.1 Å². The van der Waals surface area contributed by atoms with Crippen molar-refractivity contribution in [3.8, 4) is 0 Å². The van der Waals surface area contributed by atoms with Crippen LogP contribution in [0.3, 0.4) is 0 Å². The van der Waals surface area contributed by atoms with Gasteiger partial charge in [-0.15, -0.1) is 10.2 Å². The van der Waals surface area contributed by atoms with Crippen LogP contribution in [0, 0.1) is 0 Å². The highest BCUT2D eigenvalue weighted by Crippen LogP contribution is 2.29. The van der Waals surface area contributed by atoms with Crippen LogP contribution in [0.5, 0.6) is 0 Å². The SMILES string of the molecule is CCCNc1nnc(C(=O)NC2(C)CCCC2)s1. The Balaban J connectivity index is 1.94. The number of nitrogens with one attached hydrogen (secondary N) is 2. The highest BCUT2D eigenvalue weighted by Gasteiger charge is 2.31. The van der Waals surface area contributed by atoms with Crippen molar-refractivity contribution in [3.63, 3.8) is 0 Å². The van der Waals surface area contributed by atoms with Crippen LogP contribution in [0.4, 0.5) is 5.13 Å². The van der Waals surface area contributed by atoms with Gasteiger partial charge in [0.05, 0.1) is 0 Å². The zero-order valence-electron chi connectivity index (χ0n) is 11.0. The molecule has 1 aromatic heterocycles. The Morgan fingerprint density at radius 2 is 2.11 bits per heavy atom. The second kappa shape index (κ2) is 5.65. The topological polar surface area (TPSA) is 66.9 Å². The summed E-state index contributed by atoms with van der Waals surface area (Å²) in [5.74, 6) is -0.0959. The van der Waals surface area contributed by atoms with Gasteiger partial charge in [0, 0.05) is 12.1 Å². The standard InChI is InChI=1S/C12H20N4OS/c1-3-8-13-11-16-15-10(18-11)9(17)14-12(2)6-4-5-7-12/h3-8H2,1-2H3,(H,13,16)(H,14,17). The van der Waals surface area contributed by atoms with Crippen LogP contribution in [-0.4, -0.2) is 28.2 Å². The number of hydrogen-bond acceptors (Lipinski definition) is 5. The molecule has 0 unspecified atom stereocenters. The van der Waals surface area contributed by atoms with E-state index in [1.807, 2.05) is 0 Å². The third-order valence-electron chi connectivity index (χ3n) is 3.27. The molecule has 1 aliphatic rings. The molecular weight excluding hydrogens is 248 g/mol. The number of aromatic nitrogens is 2. The molecule has 2 rings (SSSR count). The van der Waals surface area contributed by atoms with Crippen LogP contribution in [0.15, 0.2) is 0 Å². The Morgan fingerprint density at radius 1 is 1.39 bits per heavy atom. The van der Waals surface area contributed by atoms with Gasteiger partial charge in [0.2, 0.25) is 10.1 Å². The first-order valence-electron chi connectivity index (χ1n) is 6.53. The van der Waals surface area contributed by atoms with Crippen LogP contribution < -0.4 is 10.6 Å². The first kappa shape index (κ1) is 13.3. The zero-order chi connectivity index (χ0) is 13.0. The van der Waals surface area contributed by atoms with Crippen molar-refractivity contribution in [2.24, 2.45) is 0 Å². The fourth-order valence-electron chi connectivity index (χ4n) is 2.23. The second-order valence-electron chi connectivity index (χ2n) is 5.06. The van der Waals surface area contributed by atoms with E-state index in [1.165, 1.54) is 24.2 Å². The zero-order valence-corrected chi connectivity index (χ0v) is 11.8. The summed E-state index contributed by atoms with van der Waals surface area (Å²) in [6.07, 6.45) is 5.52. The third kappa shape index (κ3) is 3.19. The second-order valence-corrected chi connectivity index (χ2v) is 6.04. The predicted octanol–water partition coefficient (Wildman–Crippen LogP) is 2.42. The van der Waals surface area contributed by atoms with Crippen molar-refractivity contribution in [2.45, 2.75) is 51.5 Å². The average molecular weight is 268 g/mol. The number of amides is 1. The summed E-state index contributed by atoms with van der Waals surface area (Å²) in [6.45, 7) is 5.05. The maximum Gasteiger partial charge on any atom is 0.282 e. The van der Waals surface area contributed by atoms with Crippen LogP contribution >= 0.6 is 11.3 Å². The summed E-state index contributed by atoms with van der Waals surface area (Å²) in [5, 5.41) is 15.3. The number of carbonyl (C=O) groups excluding carboxylic acids is 1. The first-order valence-corrected chi connectivity index (χ1v) is 7.34. The summed E-state index contributed by atoms with van der Waals surface area (Å²) in [5.41, 5.74) is -0.0558. The molecule has 1 fully saturated rings. The fraction of sp³-hybridized carbons (Fsp3) is 0.750. The molecule has 1 aliphatic carbocycles. The van der Waals surface area contributed by atoms with Crippen molar-refractivity contribution in [1.29, 1.82) is 0 Å². The molecule has 1 amide bonds. The average Bonchev–Trinajstić information content (AvgIpc) is 2.95. The minimum atomic E-state index is -0.0959. The number of nitrogens with zero attached hydrogens (tertiary/aromatic N) is 2. The predicted molar refractivity (Wildman–Crippen MR) is 73.0 cm³/mol. The van der Waals surface area contributed by atoms with Gasteiger partial charge in [0.15, 0.2) is 0 Å². The quantitative estimate of drug-likeness (QED) is 0.860. The summed E-state index contributed by atoms with van der Waals surface area (Å²) >= 11 is 1.32. The Kier molecular flexibility index (Phi) is 4.16. The van der Waals surface area contributed by atoms with Crippen molar-refractivity contribution < 1.29 is 4.79 Å². The summed E-state index contributed by atoms with van der Waals surface area (Å²) in [6, 6.07) is 0. The van der Waals surface area contributed by atoms with Crippen LogP contribution in [0.1, 0.15) is 55.8 Å². The molecule has 1 aromatic rings. The lowest BCUT2D eigenvalue weighted by Gasteiger charge is -2.24. The maximum absolute atomic E-state index is 12.1. The molecular formula is C12H20N4OS. The van der Waals surface area contributed by atoms with Gasteiger partial charge in [-0.2, -0.15) is 0 Å². The van der Waals surface area contributed by atoms with Crippen molar-refractivity contribution >= 4 is 22.4 Å². The first-order chi connectivity index (χ1) is 8.63. The van der Waals surface area contributed by atoms with E-state index < -0.39 is 0 Å². The van der Waals surface area contributed by atoms with Crippen molar-refractivity contribution in [3.05, 3.63) is 5.01 Å². The minimum Gasteiger partial charge on any atom is -0.360 e. The number of carbonyl (C=O) groups is 1. The fourth-order valence-corrected chi connectivity index (χ4v) is 2.89. The molecule has 1 saturated carbocycles. The maximum atomic E-state index is 12.1. The molecule has 0 aromatic carbocycles. The van der Waals surface area contributed by atoms with E-state index in [2.05, 4.69) is 34.7 Å². The van der Waals surface area contributed by atoms with Gasteiger partial charge in [-0.3, -0.25) is 4.79 Å². The van der Waals surface area contributed by atoms with Crippen LogP contribution in [0.2, 0.25) is 0 Å². The van der Waals surface area contributed by atoms with Crippen LogP contribution in [0.25, 0.3) is 0 Å². The Hall–Kier alpha value is -1.17. The van der Waals surface area contributed by atoms with Crippen molar-refractivity contribution in [1.82, 2.24) is 15.5 Å². The monoisotopic (exact) mass is 268 g/mol. The summed E-state index contributed by atoms with van der Waals surface area (Å²) < 4.78 is 0. The van der Waals surface area contributed by atoms with Crippen LogP contribution in [-0.2, 0) is 0 Å². The minimum absolute atomic E-state index is 0.0558. The van der Waals surface area contributed by atoms with E-state index in [0.29, 0.717) is 5.01 Å². The molecule has 0 bridgehead atoms. The normalized spacial score (nSPS) is 17.7. The van der Waals surface area contributed by atoms with Gasteiger partial charge in [0.25, 0.3) is 5.91 Å². The van der Waals surface area contributed by atoms with Gasteiger partial charge in [0.1, 0.15) is 0 Å². The van der Waals surface area contributed by atoms with Gasteiger partial charge in [-0.05, 0) is 26.2 Å². The molecule has 2 N–H and O–H groups in total. The van der Waals surface area contributed by atoms with Gasteiger partial charge in [-0.25, -0.2) is 0 Å². The summed E-state index contributed by atoms with van der Waals surface area (Å²) in [7, 11) is 0. The van der Waals surface area contributed by atoms with E-state index in [4.69, 9.17) is 0 Å². The Morgan fingerprint density at radius 3 is 2.78 bits per heavy atom. The molecule has 0 radical (unpaired) electrons. The van der Waals surface area contributed by atoms with E-state index in [9.17, 15) is 4.79 Å². The molecule has 0 saturated heterocycles. The van der Waals surface area contributed by atoms with Gasteiger partial charge < -0.3 is 10.6 Å². The Labute approximate surface area is 111 Å². The lowest BCUT2D eigenvalue weighted by Crippen LogP contribution is -2.43. The lowest BCUT2D eigenvalue weighted by molar-refractivity contribution is 0.0907. The molecule has 1 heterocycles. The lowest BCUT2D eigenvalue weighted by atomic mass is 10.0. The third-order valence-corrected chi connectivity index (χ3v) is 4.15. The Bertz CT molecular complexity index is 412. The van der Waals surface area contributed by atoms with E-state index in [-0.39, 0.29) is 11.4 Å². The molecule has 0 aliphatic heterocycles. The van der Waals surface area contributed by atoms with Crippen molar-refractivity contribution in [2.75, 3.05) is 11.9 Å².